The van der Waals surface area contributed by atoms with Crippen LogP contribution in [0.1, 0.15) is 22.3 Å². The van der Waals surface area contributed by atoms with E-state index in [0.717, 1.165) is 16.7 Å². The van der Waals surface area contributed by atoms with E-state index in [1.807, 2.05) is 32.0 Å². The average molecular weight is 335 g/mol. The first-order chi connectivity index (χ1) is 11.5. The third-order valence-electron chi connectivity index (χ3n) is 3.40. The smallest absolute Gasteiger partial charge is 0.387 e. The maximum Gasteiger partial charge on any atom is 0.387 e. The monoisotopic (exact) mass is 335 g/mol. The molecule has 4 nitrogen and oxygen atoms in total. The highest BCUT2D eigenvalue weighted by atomic mass is 19.3. The number of ether oxygens (including phenoxy) is 2. The highest BCUT2D eigenvalue weighted by molar-refractivity contribution is 5.80. The lowest BCUT2D eigenvalue weighted by molar-refractivity contribution is -0.0512. The van der Waals surface area contributed by atoms with Gasteiger partial charge in [0.05, 0.1) is 13.3 Å². The summed E-state index contributed by atoms with van der Waals surface area (Å²) in [6.07, 6.45) is 1.49. The lowest BCUT2D eigenvalue weighted by atomic mass is 10.1. The van der Waals surface area contributed by atoms with Crippen LogP contribution in [0.5, 0.6) is 11.5 Å². The first-order valence-electron chi connectivity index (χ1n) is 7.34. The molecule has 0 aliphatic rings. The molecule has 0 N–H and O–H groups in total. The molecule has 128 valence electrons. The molecule has 24 heavy (non-hydrogen) atoms. The van der Waals surface area contributed by atoms with Gasteiger partial charge >= 0.3 is 6.61 Å². The van der Waals surface area contributed by atoms with Gasteiger partial charge in [-0.2, -0.15) is 8.78 Å². The topological polar surface area (TPSA) is 40.0 Å². The van der Waals surface area contributed by atoms with E-state index >= 15 is 0 Å². The van der Waals surface area contributed by atoms with Gasteiger partial charge < -0.3 is 14.3 Å². The third-order valence-corrected chi connectivity index (χ3v) is 3.40. The summed E-state index contributed by atoms with van der Waals surface area (Å²) in [5, 5.41) is 3.90. The first kappa shape index (κ1) is 17.7. The fourth-order valence-electron chi connectivity index (χ4n) is 2.12. The predicted octanol–water partition coefficient (Wildman–Crippen LogP) is 4.46. The molecule has 0 heterocycles. The molecule has 0 spiro atoms. The van der Waals surface area contributed by atoms with Crippen LogP contribution in [-0.2, 0) is 11.4 Å². The maximum absolute atomic E-state index is 12.3. The number of halogens is 2. The van der Waals surface area contributed by atoms with E-state index in [1.54, 1.807) is 12.1 Å². The maximum atomic E-state index is 12.3. The van der Waals surface area contributed by atoms with Crippen molar-refractivity contribution in [3.8, 4) is 11.5 Å². The Labute approximate surface area is 139 Å². The molecule has 0 amide bonds. The van der Waals surface area contributed by atoms with Crippen molar-refractivity contribution in [2.45, 2.75) is 27.1 Å². The van der Waals surface area contributed by atoms with E-state index in [4.69, 9.17) is 9.57 Å². The first-order valence-corrected chi connectivity index (χ1v) is 7.34. The van der Waals surface area contributed by atoms with E-state index in [1.165, 1.54) is 19.4 Å². The molecule has 0 aromatic heterocycles. The summed E-state index contributed by atoms with van der Waals surface area (Å²) in [6, 6.07) is 10.6. The van der Waals surface area contributed by atoms with Crippen LogP contribution in [-0.4, -0.2) is 19.9 Å². The van der Waals surface area contributed by atoms with Gasteiger partial charge in [-0.1, -0.05) is 28.9 Å². The Morgan fingerprint density at radius 1 is 1.08 bits per heavy atom. The molecule has 0 aliphatic carbocycles. The molecule has 6 heteroatoms. The van der Waals surface area contributed by atoms with Crippen molar-refractivity contribution in [2.24, 2.45) is 5.16 Å². The minimum atomic E-state index is -2.90. The minimum Gasteiger partial charge on any atom is -0.493 e. The van der Waals surface area contributed by atoms with E-state index in [2.05, 4.69) is 9.89 Å². The zero-order valence-corrected chi connectivity index (χ0v) is 13.8. The van der Waals surface area contributed by atoms with Gasteiger partial charge in [0.15, 0.2) is 11.5 Å². The normalized spacial score (nSPS) is 11.1. The Balaban J connectivity index is 2.00. The second-order valence-corrected chi connectivity index (χ2v) is 5.23. The van der Waals surface area contributed by atoms with Gasteiger partial charge in [0.25, 0.3) is 0 Å². The molecule has 0 atom stereocenters. The van der Waals surface area contributed by atoms with E-state index in [-0.39, 0.29) is 11.5 Å². The number of hydrogen-bond donors (Lipinski definition) is 0. The summed E-state index contributed by atoms with van der Waals surface area (Å²) in [5.74, 6) is 0.176. The molecular formula is C18H19F2NO3. The van der Waals surface area contributed by atoms with Crippen LogP contribution in [0.4, 0.5) is 8.78 Å². The fourth-order valence-corrected chi connectivity index (χ4v) is 2.12. The molecule has 0 fully saturated rings. The number of aryl methyl sites for hydroxylation is 2. The number of oxime groups is 1. The van der Waals surface area contributed by atoms with Gasteiger partial charge in [0.2, 0.25) is 0 Å². The van der Waals surface area contributed by atoms with Crippen LogP contribution in [0.15, 0.2) is 41.6 Å². The van der Waals surface area contributed by atoms with Gasteiger partial charge in [-0.25, -0.2) is 0 Å². The Bertz CT molecular complexity index is 717. The highest BCUT2D eigenvalue weighted by Gasteiger charge is 2.10. The zero-order chi connectivity index (χ0) is 17.5. The third kappa shape index (κ3) is 4.94. The summed E-state index contributed by atoms with van der Waals surface area (Å²) in [7, 11) is 1.38. The van der Waals surface area contributed by atoms with Crippen molar-refractivity contribution < 1.29 is 23.1 Å². The molecule has 0 saturated heterocycles. The Morgan fingerprint density at radius 2 is 1.88 bits per heavy atom. The van der Waals surface area contributed by atoms with Crippen LogP contribution in [0.3, 0.4) is 0 Å². The standard InChI is InChI=1S/C18H19F2NO3/c1-12-4-5-13(2)15(8-12)11-23-21-10-14-6-7-16(24-18(19)20)17(9-14)22-3/h4-10,18H,11H2,1-3H3/b21-10+. The number of rotatable bonds is 7. The van der Waals surface area contributed by atoms with E-state index < -0.39 is 6.61 Å². The molecule has 0 unspecified atom stereocenters. The van der Waals surface area contributed by atoms with Gasteiger partial charge in [0, 0.05) is 5.56 Å². The number of alkyl halides is 2. The molecule has 2 rings (SSSR count). The lowest BCUT2D eigenvalue weighted by Gasteiger charge is -2.10. The van der Waals surface area contributed by atoms with Crippen molar-refractivity contribution in [3.05, 3.63) is 58.7 Å². The van der Waals surface area contributed by atoms with Gasteiger partial charge in [-0.05, 0) is 43.2 Å². The van der Waals surface area contributed by atoms with Crippen LogP contribution >= 0.6 is 0 Å². The zero-order valence-electron chi connectivity index (χ0n) is 13.8. The second-order valence-electron chi connectivity index (χ2n) is 5.23. The summed E-state index contributed by atoms with van der Waals surface area (Å²) >= 11 is 0. The molecule has 0 bridgehead atoms. The van der Waals surface area contributed by atoms with Crippen LogP contribution in [0.25, 0.3) is 0 Å². The largest absolute Gasteiger partial charge is 0.493 e. The highest BCUT2D eigenvalue weighted by Crippen LogP contribution is 2.28. The fraction of sp³-hybridized carbons (Fsp3) is 0.278. The van der Waals surface area contributed by atoms with Crippen molar-refractivity contribution in [1.29, 1.82) is 0 Å². The molecule has 2 aromatic rings. The van der Waals surface area contributed by atoms with Gasteiger partial charge in [-0.3, -0.25) is 0 Å². The Kier molecular flexibility index (Phi) is 6.12. The van der Waals surface area contributed by atoms with E-state index in [9.17, 15) is 8.78 Å². The molecular weight excluding hydrogens is 316 g/mol. The predicted molar refractivity (Wildman–Crippen MR) is 87.9 cm³/mol. The van der Waals surface area contributed by atoms with Crippen molar-refractivity contribution in [2.75, 3.05) is 7.11 Å². The molecule has 2 aromatic carbocycles. The summed E-state index contributed by atoms with van der Waals surface area (Å²) in [4.78, 5) is 5.31. The summed E-state index contributed by atoms with van der Waals surface area (Å²) in [5.41, 5.74) is 3.99. The van der Waals surface area contributed by atoms with Gasteiger partial charge in [0.1, 0.15) is 6.61 Å². The van der Waals surface area contributed by atoms with Crippen LogP contribution < -0.4 is 9.47 Å². The lowest BCUT2D eigenvalue weighted by Crippen LogP contribution is -2.03. The van der Waals surface area contributed by atoms with Crippen molar-refractivity contribution in [1.82, 2.24) is 0 Å². The van der Waals surface area contributed by atoms with Crippen molar-refractivity contribution >= 4 is 6.21 Å². The summed E-state index contributed by atoms with van der Waals surface area (Å²) < 4.78 is 34.0. The summed E-state index contributed by atoms with van der Waals surface area (Å²) in [6.45, 7) is 1.48. The van der Waals surface area contributed by atoms with Crippen LogP contribution in [0.2, 0.25) is 0 Å². The Morgan fingerprint density at radius 3 is 2.58 bits per heavy atom. The molecule has 0 radical (unpaired) electrons. The second kappa shape index (κ2) is 8.29. The van der Waals surface area contributed by atoms with Crippen molar-refractivity contribution in [3.63, 3.8) is 0 Å². The minimum absolute atomic E-state index is 0.0269. The number of methoxy groups -OCH3 is 1. The van der Waals surface area contributed by atoms with Crippen LogP contribution in [0, 0.1) is 13.8 Å². The molecule has 0 saturated carbocycles. The van der Waals surface area contributed by atoms with Gasteiger partial charge in [-0.15, -0.1) is 0 Å². The number of nitrogens with zero attached hydrogens (tertiary/aromatic N) is 1. The number of hydrogen-bond acceptors (Lipinski definition) is 4. The number of benzene rings is 2. The Hall–Kier alpha value is -2.63. The average Bonchev–Trinajstić information content (AvgIpc) is 2.55. The quantitative estimate of drug-likeness (QED) is 0.554. The molecule has 0 aliphatic heterocycles. The van der Waals surface area contributed by atoms with E-state index in [0.29, 0.717) is 12.2 Å². The SMILES string of the molecule is COc1cc(/C=N/OCc2cc(C)ccc2C)ccc1OC(F)F.